The Labute approximate surface area is 146 Å². The largest absolute Gasteiger partial charge is 0.493 e. The fraction of sp³-hybridized carbons (Fsp3) is 0.632. The topological polar surface area (TPSA) is 78.7 Å². The van der Waals surface area contributed by atoms with E-state index in [4.69, 9.17) is 9.47 Å². The van der Waals surface area contributed by atoms with Gasteiger partial charge in [0.1, 0.15) is 6.61 Å². The first-order valence-corrected chi connectivity index (χ1v) is 8.97. The highest BCUT2D eigenvalue weighted by molar-refractivity contribution is 5.86. The first-order valence-electron chi connectivity index (χ1n) is 8.97. The lowest BCUT2D eigenvalue weighted by molar-refractivity contribution is -0.384. The van der Waals surface area contributed by atoms with Gasteiger partial charge in [0.05, 0.1) is 18.1 Å². The van der Waals surface area contributed by atoms with Gasteiger partial charge in [0.15, 0.2) is 17.3 Å². The Morgan fingerprint density at radius 3 is 2.28 bits per heavy atom. The number of Topliss-reactive ketones (excluding diaryl/α,β-unsaturated/α-hetero) is 1. The van der Waals surface area contributed by atoms with Crippen LogP contribution in [0.4, 0.5) is 5.69 Å². The molecule has 4 aliphatic rings. The molecular formula is C19H23NO5. The van der Waals surface area contributed by atoms with Crippen LogP contribution in [-0.4, -0.2) is 24.4 Å². The van der Waals surface area contributed by atoms with E-state index in [0.29, 0.717) is 23.5 Å². The van der Waals surface area contributed by atoms with Gasteiger partial charge in [-0.3, -0.25) is 14.9 Å². The van der Waals surface area contributed by atoms with E-state index in [1.165, 1.54) is 44.6 Å². The maximum Gasteiger partial charge on any atom is 0.273 e. The van der Waals surface area contributed by atoms with Crippen molar-refractivity contribution in [1.29, 1.82) is 0 Å². The van der Waals surface area contributed by atoms with Crippen molar-refractivity contribution in [1.82, 2.24) is 0 Å². The van der Waals surface area contributed by atoms with Crippen molar-refractivity contribution in [3.05, 3.63) is 28.3 Å². The summed E-state index contributed by atoms with van der Waals surface area (Å²) < 4.78 is 10.9. The van der Waals surface area contributed by atoms with Gasteiger partial charge < -0.3 is 9.47 Å². The predicted octanol–water partition coefficient (Wildman–Crippen LogP) is 3.77. The number of nitrogens with zero attached hydrogens (tertiary/aromatic N) is 1. The number of non-ortho nitro benzene ring substituents is 1. The zero-order chi connectivity index (χ0) is 17.6. The first-order chi connectivity index (χ1) is 12.0. The molecule has 0 amide bonds. The van der Waals surface area contributed by atoms with Crippen molar-refractivity contribution in [3.63, 3.8) is 0 Å². The molecule has 4 saturated carbocycles. The highest BCUT2D eigenvalue weighted by Gasteiger charge is 2.54. The molecule has 0 N–H and O–H groups in total. The molecule has 5 rings (SSSR count). The van der Waals surface area contributed by atoms with E-state index in [0.717, 1.165) is 19.3 Å². The second-order valence-electron chi connectivity index (χ2n) is 8.00. The first kappa shape index (κ1) is 16.4. The van der Waals surface area contributed by atoms with E-state index in [-0.39, 0.29) is 29.2 Å². The lowest BCUT2D eigenvalue weighted by Gasteiger charge is -2.55. The number of carbonyl (C=O) groups is 1. The number of nitro groups is 1. The van der Waals surface area contributed by atoms with Crippen LogP contribution in [0.1, 0.15) is 38.5 Å². The Hall–Kier alpha value is -2.11. The zero-order valence-corrected chi connectivity index (χ0v) is 14.4. The molecule has 134 valence electrons. The number of hydrogen-bond acceptors (Lipinski definition) is 5. The molecule has 1 aromatic rings. The summed E-state index contributed by atoms with van der Waals surface area (Å²) >= 11 is 0. The van der Waals surface area contributed by atoms with Gasteiger partial charge in [-0.25, -0.2) is 0 Å². The summed E-state index contributed by atoms with van der Waals surface area (Å²) in [4.78, 5) is 23.4. The van der Waals surface area contributed by atoms with Gasteiger partial charge in [-0.1, -0.05) is 0 Å². The van der Waals surface area contributed by atoms with Crippen molar-refractivity contribution in [3.8, 4) is 11.5 Å². The van der Waals surface area contributed by atoms with E-state index in [1.807, 2.05) is 0 Å². The average molecular weight is 345 g/mol. The molecule has 6 heteroatoms. The number of ether oxygens (including phenoxy) is 2. The van der Waals surface area contributed by atoms with Gasteiger partial charge >= 0.3 is 0 Å². The predicted molar refractivity (Wildman–Crippen MR) is 90.8 cm³/mol. The standard InChI is InChI=1S/C19H23NO5/c1-24-17-7-15(20(22)23)2-3-16(17)25-11-18(21)19-8-12-4-13(9-19)6-14(5-12)10-19/h2-3,7,12-14H,4-6,8-11H2,1H3. The molecule has 0 spiro atoms. The number of carbonyl (C=O) groups excluding carboxylic acids is 1. The summed E-state index contributed by atoms with van der Waals surface area (Å²) in [5.74, 6) is 2.99. The third-order valence-electron chi connectivity index (χ3n) is 6.35. The monoisotopic (exact) mass is 345 g/mol. The van der Waals surface area contributed by atoms with Gasteiger partial charge in [0.2, 0.25) is 0 Å². The average Bonchev–Trinajstić information content (AvgIpc) is 2.58. The van der Waals surface area contributed by atoms with Crippen LogP contribution in [0.15, 0.2) is 18.2 Å². The summed E-state index contributed by atoms with van der Waals surface area (Å²) in [5.41, 5.74) is -0.250. The lowest BCUT2D eigenvalue weighted by Crippen LogP contribution is -2.51. The minimum absolute atomic E-state index is 0.0142. The van der Waals surface area contributed by atoms with Crippen LogP contribution in [0.3, 0.4) is 0 Å². The molecule has 25 heavy (non-hydrogen) atoms. The van der Waals surface area contributed by atoms with E-state index in [2.05, 4.69) is 0 Å². The van der Waals surface area contributed by atoms with Crippen LogP contribution in [0.5, 0.6) is 11.5 Å². The van der Waals surface area contributed by atoms with Crippen molar-refractivity contribution in [2.75, 3.05) is 13.7 Å². The molecule has 4 aliphatic carbocycles. The number of rotatable bonds is 6. The van der Waals surface area contributed by atoms with E-state index >= 15 is 0 Å². The third-order valence-corrected chi connectivity index (χ3v) is 6.35. The normalized spacial score (nSPS) is 32.4. The zero-order valence-electron chi connectivity index (χ0n) is 14.4. The molecule has 0 atom stereocenters. The SMILES string of the molecule is COc1cc([N+](=O)[O-])ccc1OCC(=O)C12CC3CC(CC(C3)C1)C2. The Morgan fingerprint density at radius 2 is 1.76 bits per heavy atom. The fourth-order valence-electron chi connectivity index (χ4n) is 5.64. The van der Waals surface area contributed by atoms with Gasteiger partial charge in [0.25, 0.3) is 5.69 Å². The Bertz CT molecular complexity index is 678. The second kappa shape index (κ2) is 6.00. The number of nitro benzene ring substituents is 1. The maximum atomic E-state index is 13.0. The highest BCUT2D eigenvalue weighted by atomic mass is 16.6. The quantitative estimate of drug-likeness (QED) is 0.579. The smallest absolute Gasteiger partial charge is 0.273 e. The van der Waals surface area contributed by atoms with Crippen LogP contribution in [0, 0.1) is 33.3 Å². The number of methoxy groups -OCH3 is 1. The summed E-state index contributed by atoms with van der Waals surface area (Å²) in [6, 6.07) is 4.20. The Kier molecular flexibility index (Phi) is 3.93. The van der Waals surface area contributed by atoms with Crippen LogP contribution in [0.25, 0.3) is 0 Å². The van der Waals surface area contributed by atoms with Gasteiger partial charge in [-0.2, -0.15) is 0 Å². The number of hydrogen-bond donors (Lipinski definition) is 0. The molecule has 4 bridgehead atoms. The summed E-state index contributed by atoms with van der Waals surface area (Å²) in [6.07, 6.45) is 6.92. The summed E-state index contributed by atoms with van der Waals surface area (Å²) in [7, 11) is 1.44. The van der Waals surface area contributed by atoms with E-state index in [9.17, 15) is 14.9 Å². The third kappa shape index (κ3) is 2.87. The Morgan fingerprint density at radius 1 is 1.16 bits per heavy atom. The Balaban J connectivity index is 1.46. The molecule has 1 aromatic carbocycles. The van der Waals surface area contributed by atoms with Crippen LogP contribution < -0.4 is 9.47 Å². The molecule has 0 aromatic heterocycles. The lowest BCUT2D eigenvalue weighted by atomic mass is 9.48. The van der Waals surface area contributed by atoms with Crippen molar-refractivity contribution >= 4 is 11.5 Å². The fourth-order valence-corrected chi connectivity index (χ4v) is 5.64. The number of ketones is 1. The maximum absolute atomic E-state index is 13.0. The molecular weight excluding hydrogens is 322 g/mol. The van der Waals surface area contributed by atoms with E-state index < -0.39 is 4.92 Å². The minimum Gasteiger partial charge on any atom is -0.493 e. The van der Waals surface area contributed by atoms with Crippen LogP contribution in [-0.2, 0) is 4.79 Å². The van der Waals surface area contributed by atoms with Crippen molar-refractivity contribution in [2.24, 2.45) is 23.2 Å². The van der Waals surface area contributed by atoms with Crippen LogP contribution >= 0.6 is 0 Å². The van der Waals surface area contributed by atoms with E-state index in [1.54, 1.807) is 0 Å². The minimum atomic E-state index is -0.479. The van der Waals surface area contributed by atoms with Crippen molar-refractivity contribution < 1.29 is 19.2 Å². The second-order valence-corrected chi connectivity index (χ2v) is 8.00. The summed E-state index contributed by atoms with van der Waals surface area (Å²) in [6.45, 7) is 0.0142. The number of benzene rings is 1. The van der Waals surface area contributed by atoms with Gasteiger partial charge in [-0.15, -0.1) is 0 Å². The molecule has 0 unspecified atom stereocenters. The molecule has 4 fully saturated rings. The van der Waals surface area contributed by atoms with Crippen molar-refractivity contribution in [2.45, 2.75) is 38.5 Å². The molecule has 0 heterocycles. The van der Waals surface area contributed by atoms with Gasteiger partial charge in [-0.05, 0) is 62.3 Å². The summed E-state index contributed by atoms with van der Waals surface area (Å²) in [5, 5.41) is 10.9. The molecule has 6 nitrogen and oxygen atoms in total. The molecule has 0 saturated heterocycles. The van der Waals surface area contributed by atoms with Crippen LogP contribution in [0.2, 0.25) is 0 Å². The molecule has 0 radical (unpaired) electrons. The van der Waals surface area contributed by atoms with Gasteiger partial charge in [0, 0.05) is 11.5 Å². The highest BCUT2D eigenvalue weighted by Crippen LogP contribution is 2.60. The molecule has 0 aliphatic heterocycles.